The van der Waals surface area contributed by atoms with Gasteiger partial charge in [-0.15, -0.1) is 0 Å². The van der Waals surface area contributed by atoms with Gasteiger partial charge < -0.3 is 14.4 Å². The fourth-order valence-electron chi connectivity index (χ4n) is 2.92. The first-order valence-electron chi connectivity index (χ1n) is 6.99. The summed E-state index contributed by atoms with van der Waals surface area (Å²) in [5.74, 6) is 1.68. The molecule has 0 aromatic carbocycles. The second-order valence-electron chi connectivity index (χ2n) is 6.69. The van der Waals surface area contributed by atoms with Gasteiger partial charge in [0.15, 0.2) is 5.82 Å². The SMILES string of the molecule is COCc1nc(C)cc(N2CC(C)(C)OC(C)(C)C2)n1. The number of aryl methyl sites for hydroxylation is 1. The maximum atomic E-state index is 6.11. The topological polar surface area (TPSA) is 47.5 Å². The second kappa shape index (κ2) is 5.30. The molecule has 1 fully saturated rings. The maximum Gasteiger partial charge on any atom is 0.156 e. The lowest BCUT2D eigenvalue weighted by atomic mass is 9.99. The smallest absolute Gasteiger partial charge is 0.156 e. The molecule has 1 aromatic heterocycles. The minimum atomic E-state index is -0.192. The van der Waals surface area contributed by atoms with Gasteiger partial charge in [-0.25, -0.2) is 9.97 Å². The van der Waals surface area contributed by atoms with Gasteiger partial charge >= 0.3 is 0 Å². The van der Waals surface area contributed by atoms with Gasteiger partial charge in [0.25, 0.3) is 0 Å². The van der Waals surface area contributed by atoms with Crippen molar-refractivity contribution in [3.05, 3.63) is 17.6 Å². The summed E-state index contributed by atoms with van der Waals surface area (Å²) in [6.45, 7) is 12.5. The molecule has 2 heterocycles. The van der Waals surface area contributed by atoms with Crippen LogP contribution in [-0.4, -0.2) is 41.4 Å². The lowest BCUT2D eigenvalue weighted by molar-refractivity contribution is -0.133. The molecule has 0 N–H and O–H groups in total. The van der Waals surface area contributed by atoms with Crippen LogP contribution in [0.15, 0.2) is 6.07 Å². The normalized spacial score (nSPS) is 21.0. The number of anilines is 1. The van der Waals surface area contributed by atoms with Gasteiger partial charge in [0.2, 0.25) is 0 Å². The van der Waals surface area contributed by atoms with E-state index in [1.54, 1.807) is 7.11 Å². The molecule has 0 aliphatic carbocycles. The van der Waals surface area contributed by atoms with Gasteiger partial charge in [0.1, 0.15) is 12.4 Å². The molecule has 0 radical (unpaired) electrons. The number of aromatic nitrogens is 2. The van der Waals surface area contributed by atoms with Crippen molar-refractivity contribution in [1.29, 1.82) is 0 Å². The van der Waals surface area contributed by atoms with E-state index in [4.69, 9.17) is 9.47 Å². The van der Waals surface area contributed by atoms with Crippen LogP contribution in [0, 0.1) is 6.92 Å². The summed E-state index contributed by atoms with van der Waals surface area (Å²) in [7, 11) is 1.66. The quantitative estimate of drug-likeness (QED) is 0.850. The summed E-state index contributed by atoms with van der Waals surface area (Å²) in [4.78, 5) is 11.3. The van der Waals surface area contributed by atoms with Crippen molar-refractivity contribution in [3.63, 3.8) is 0 Å². The van der Waals surface area contributed by atoms with Crippen LogP contribution < -0.4 is 4.90 Å². The van der Waals surface area contributed by atoms with E-state index in [0.717, 1.165) is 30.4 Å². The van der Waals surface area contributed by atoms with Crippen LogP contribution in [-0.2, 0) is 16.1 Å². The Morgan fingerprint density at radius 1 is 1.20 bits per heavy atom. The van der Waals surface area contributed by atoms with Crippen molar-refractivity contribution in [2.45, 2.75) is 52.4 Å². The summed E-state index contributed by atoms with van der Waals surface area (Å²) >= 11 is 0. The number of methoxy groups -OCH3 is 1. The zero-order valence-corrected chi connectivity index (χ0v) is 13.4. The van der Waals surface area contributed by atoms with Gasteiger partial charge in [-0.1, -0.05) is 0 Å². The van der Waals surface area contributed by atoms with Crippen LogP contribution >= 0.6 is 0 Å². The second-order valence-corrected chi connectivity index (χ2v) is 6.69. The molecular weight excluding hydrogens is 254 g/mol. The number of ether oxygens (including phenoxy) is 2. The fraction of sp³-hybridized carbons (Fsp3) is 0.733. The van der Waals surface area contributed by atoms with Crippen LogP contribution in [0.25, 0.3) is 0 Å². The number of rotatable bonds is 3. The molecule has 1 aliphatic heterocycles. The summed E-state index contributed by atoms with van der Waals surface area (Å²) in [6.07, 6.45) is 0. The summed E-state index contributed by atoms with van der Waals surface area (Å²) < 4.78 is 11.2. The van der Waals surface area contributed by atoms with Crippen molar-refractivity contribution in [2.75, 3.05) is 25.1 Å². The fourth-order valence-corrected chi connectivity index (χ4v) is 2.92. The van der Waals surface area contributed by atoms with Gasteiger partial charge in [-0.2, -0.15) is 0 Å². The molecule has 20 heavy (non-hydrogen) atoms. The third-order valence-corrected chi connectivity index (χ3v) is 3.18. The van der Waals surface area contributed by atoms with Crippen molar-refractivity contribution in [2.24, 2.45) is 0 Å². The monoisotopic (exact) mass is 279 g/mol. The van der Waals surface area contributed by atoms with E-state index in [-0.39, 0.29) is 11.2 Å². The summed E-state index contributed by atoms with van der Waals surface area (Å²) in [5.41, 5.74) is 0.577. The van der Waals surface area contributed by atoms with Gasteiger partial charge in [-0.05, 0) is 34.6 Å². The Balaban J connectivity index is 2.30. The first-order valence-corrected chi connectivity index (χ1v) is 6.99. The predicted octanol–water partition coefficient (Wildman–Crippen LogP) is 2.33. The molecule has 5 heteroatoms. The Hall–Kier alpha value is -1.20. The highest BCUT2D eigenvalue weighted by Gasteiger charge is 2.38. The van der Waals surface area contributed by atoms with Crippen LogP contribution in [0.1, 0.15) is 39.2 Å². The molecule has 0 amide bonds. The molecule has 0 unspecified atom stereocenters. The average Bonchev–Trinajstić information content (AvgIpc) is 2.24. The molecule has 2 rings (SSSR count). The van der Waals surface area contributed by atoms with Gasteiger partial charge in [-0.3, -0.25) is 0 Å². The average molecular weight is 279 g/mol. The molecule has 0 atom stereocenters. The number of hydrogen-bond donors (Lipinski definition) is 0. The van der Waals surface area contributed by atoms with E-state index < -0.39 is 0 Å². The highest BCUT2D eigenvalue weighted by atomic mass is 16.5. The molecule has 0 spiro atoms. The van der Waals surface area contributed by atoms with Crippen LogP contribution in [0.3, 0.4) is 0 Å². The Labute approximate surface area is 121 Å². The summed E-state index contributed by atoms with van der Waals surface area (Å²) in [6, 6.07) is 2.02. The summed E-state index contributed by atoms with van der Waals surface area (Å²) in [5, 5.41) is 0. The minimum absolute atomic E-state index is 0.192. The Bertz CT molecular complexity index is 470. The highest BCUT2D eigenvalue weighted by Crippen LogP contribution is 2.30. The van der Waals surface area contributed by atoms with Crippen LogP contribution in [0.2, 0.25) is 0 Å². The number of hydrogen-bond acceptors (Lipinski definition) is 5. The molecule has 1 aliphatic rings. The van der Waals surface area contributed by atoms with Crippen molar-refractivity contribution in [1.82, 2.24) is 9.97 Å². The third kappa shape index (κ3) is 3.67. The largest absolute Gasteiger partial charge is 0.377 e. The molecular formula is C15H25N3O2. The zero-order chi connectivity index (χ0) is 15.0. The molecule has 1 saturated heterocycles. The van der Waals surface area contributed by atoms with Crippen molar-refractivity contribution in [3.8, 4) is 0 Å². The van der Waals surface area contributed by atoms with Crippen LogP contribution in [0.4, 0.5) is 5.82 Å². The highest BCUT2D eigenvalue weighted by molar-refractivity contribution is 5.41. The van der Waals surface area contributed by atoms with Crippen molar-refractivity contribution >= 4 is 5.82 Å². The molecule has 0 bridgehead atoms. The Kier molecular flexibility index (Phi) is 4.02. The minimum Gasteiger partial charge on any atom is -0.377 e. The van der Waals surface area contributed by atoms with E-state index in [1.807, 2.05) is 13.0 Å². The van der Waals surface area contributed by atoms with Crippen molar-refractivity contribution < 1.29 is 9.47 Å². The number of morpholine rings is 1. The van der Waals surface area contributed by atoms with E-state index in [2.05, 4.69) is 42.6 Å². The standard InChI is InChI=1S/C15H25N3O2/c1-11-7-13(17-12(16-11)8-19-6)18-9-14(2,3)20-15(4,5)10-18/h7H,8-10H2,1-6H3. The first kappa shape index (κ1) is 15.2. The lowest BCUT2D eigenvalue weighted by Crippen LogP contribution is -2.57. The van der Waals surface area contributed by atoms with Gasteiger partial charge in [0.05, 0.1) is 11.2 Å². The Morgan fingerprint density at radius 3 is 2.35 bits per heavy atom. The van der Waals surface area contributed by atoms with E-state index >= 15 is 0 Å². The third-order valence-electron chi connectivity index (χ3n) is 3.18. The lowest BCUT2D eigenvalue weighted by Gasteiger charge is -2.47. The molecule has 1 aromatic rings. The zero-order valence-electron chi connectivity index (χ0n) is 13.4. The van der Waals surface area contributed by atoms with Crippen LogP contribution in [0.5, 0.6) is 0 Å². The molecule has 112 valence electrons. The molecule has 0 saturated carbocycles. The predicted molar refractivity (Wildman–Crippen MR) is 78.9 cm³/mol. The Morgan fingerprint density at radius 2 is 1.80 bits per heavy atom. The van der Waals surface area contributed by atoms with E-state index in [9.17, 15) is 0 Å². The molecule has 5 nitrogen and oxygen atoms in total. The number of nitrogens with zero attached hydrogens (tertiary/aromatic N) is 3. The maximum absolute atomic E-state index is 6.11. The first-order chi connectivity index (χ1) is 9.21. The van der Waals surface area contributed by atoms with E-state index in [0.29, 0.717) is 6.61 Å². The van der Waals surface area contributed by atoms with Gasteiger partial charge in [0, 0.05) is 32.0 Å². The van der Waals surface area contributed by atoms with E-state index in [1.165, 1.54) is 0 Å².